The SMILES string of the molecule is O=C(CCC1CCCCO1)Nc1ccc(Br)c(C(=O)O)c1. The number of carbonyl (C=O) groups is 2. The molecule has 1 saturated heterocycles. The van der Waals surface area contributed by atoms with E-state index in [0.29, 0.717) is 23.0 Å². The molecule has 1 aromatic carbocycles. The van der Waals surface area contributed by atoms with Crippen LogP contribution >= 0.6 is 15.9 Å². The highest BCUT2D eigenvalue weighted by Gasteiger charge is 2.16. The predicted molar refractivity (Wildman–Crippen MR) is 82.6 cm³/mol. The Morgan fingerprint density at radius 1 is 1.38 bits per heavy atom. The van der Waals surface area contributed by atoms with Gasteiger partial charge in [0, 0.05) is 23.2 Å². The molecule has 1 aliphatic rings. The number of amides is 1. The molecule has 2 N–H and O–H groups in total. The first-order chi connectivity index (χ1) is 10.1. The van der Waals surface area contributed by atoms with Crippen LogP contribution in [0.4, 0.5) is 5.69 Å². The summed E-state index contributed by atoms with van der Waals surface area (Å²) in [5, 5.41) is 11.8. The zero-order valence-electron chi connectivity index (χ0n) is 11.6. The minimum Gasteiger partial charge on any atom is -0.478 e. The van der Waals surface area contributed by atoms with Crippen molar-refractivity contribution < 1.29 is 19.4 Å². The van der Waals surface area contributed by atoms with Crippen molar-refractivity contribution in [3.8, 4) is 0 Å². The quantitative estimate of drug-likeness (QED) is 0.848. The maximum atomic E-state index is 11.9. The van der Waals surface area contributed by atoms with Gasteiger partial charge in [0.2, 0.25) is 5.91 Å². The first kappa shape index (κ1) is 16.0. The van der Waals surface area contributed by atoms with Crippen LogP contribution in [-0.4, -0.2) is 29.7 Å². The molecule has 0 radical (unpaired) electrons. The highest BCUT2D eigenvalue weighted by atomic mass is 79.9. The summed E-state index contributed by atoms with van der Waals surface area (Å²) in [4.78, 5) is 22.9. The molecule has 0 saturated carbocycles. The molecule has 0 aliphatic carbocycles. The molecule has 1 aliphatic heterocycles. The minimum atomic E-state index is -1.03. The molecule has 6 heteroatoms. The number of halogens is 1. The Kier molecular flexibility index (Phi) is 5.76. The zero-order chi connectivity index (χ0) is 15.2. The van der Waals surface area contributed by atoms with Crippen molar-refractivity contribution in [2.75, 3.05) is 11.9 Å². The first-order valence-electron chi connectivity index (χ1n) is 7.00. The summed E-state index contributed by atoms with van der Waals surface area (Å²) < 4.78 is 6.07. The summed E-state index contributed by atoms with van der Waals surface area (Å²) in [5.74, 6) is -1.16. The predicted octanol–water partition coefficient (Wildman–Crippen LogP) is 3.44. The van der Waals surface area contributed by atoms with Crippen molar-refractivity contribution in [1.82, 2.24) is 0 Å². The van der Waals surface area contributed by atoms with Crippen LogP contribution < -0.4 is 5.32 Å². The standard InChI is InChI=1S/C15H18BrNO4/c16-13-6-4-10(9-12(13)15(19)20)17-14(18)7-5-11-3-1-2-8-21-11/h4,6,9,11H,1-3,5,7-8H2,(H,17,18)(H,19,20). The lowest BCUT2D eigenvalue weighted by Crippen LogP contribution is -2.21. The fourth-order valence-corrected chi connectivity index (χ4v) is 2.73. The fraction of sp³-hybridized carbons (Fsp3) is 0.467. The Morgan fingerprint density at radius 3 is 2.86 bits per heavy atom. The second-order valence-corrected chi connectivity index (χ2v) is 5.93. The molecule has 1 aromatic rings. The van der Waals surface area contributed by atoms with Gasteiger partial charge in [0.15, 0.2) is 0 Å². The number of hydrogen-bond acceptors (Lipinski definition) is 3. The van der Waals surface area contributed by atoms with Crippen LogP contribution in [0.2, 0.25) is 0 Å². The van der Waals surface area contributed by atoms with E-state index in [2.05, 4.69) is 21.2 Å². The van der Waals surface area contributed by atoms with Crippen molar-refractivity contribution in [2.24, 2.45) is 0 Å². The molecule has 1 unspecified atom stereocenters. The van der Waals surface area contributed by atoms with E-state index >= 15 is 0 Å². The van der Waals surface area contributed by atoms with Crippen LogP contribution in [0.25, 0.3) is 0 Å². The zero-order valence-corrected chi connectivity index (χ0v) is 13.2. The molecule has 1 amide bonds. The summed E-state index contributed by atoms with van der Waals surface area (Å²) in [5.41, 5.74) is 0.619. The van der Waals surface area contributed by atoms with E-state index in [9.17, 15) is 9.59 Å². The van der Waals surface area contributed by atoms with E-state index in [4.69, 9.17) is 9.84 Å². The molecule has 2 rings (SSSR count). The number of rotatable bonds is 5. The van der Waals surface area contributed by atoms with Gasteiger partial charge >= 0.3 is 5.97 Å². The topological polar surface area (TPSA) is 75.6 Å². The van der Waals surface area contributed by atoms with Crippen molar-refractivity contribution in [3.63, 3.8) is 0 Å². The Labute approximate surface area is 131 Å². The van der Waals surface area contributed by atoms with Gasteiger partial charge in [-0.05, 0) is 59.8 Å². The third-order valence-electron chi connectivity index (χ3n) is 3.45. The molecule has 21 heavy (non-hydrogen) atoms. The number of anilines is 1. The van der Waals surface area contributed by atoms with Crippen LogP contribution in [0.1, 0.15) is 42.5 Å². The third-order valence-corrected chi connectivity index (χ3v) is 4.14. The normalized spacial score (nSPS) is 18.2. The average molecular weight is 356 g/mol. The van der Waals surface area contributed by atoms with Crippen molar-refractivity contribution in [3.05, 3.63) is 28.2 Å². The number of benzene rings is 1. The van der Waals surface area contributed by atoms with Crippen molar-refractivity contribution >= 4 is 33.5 Å². The fourth-order valence-electron chi connectivity index (χ4n) is 2.32. The summed E-state index contributed by atoms with van der Waals surface area (Å²) in [7, 11) is 0. The Balaban J connectivity index is 1.87. The van der Waals surface area contributed by atoms with Crippen LogP contribution in [-0.2, 0) is 9.53 Å². The van der Waals surface area contributed by atoms with Crippen LogP contribution in [0.3, 0.4) is 0 Å². The van der Waals surface area contributed by atoms with Gasteiger partial charge in [-0.15, -0.1) is 0 Å². The molecule has 1 atom stereocenters. The lowest BCUT2D eigenvalue weighted by Gasteiger charge is -2.22. The molecular weight excluding hydrogens is 338 g/mol. The summed E-state index contributed by atoms with van der Waals surface area (Å²) >= 11 is 3.17. The number of carboxylic acid groups (broad SMARTS) is 1. The molecule has 0 aromatic heterocycles. The van der Waals surface area contributed by atoms with Gasteiger partial charge in [0.25, 0.3) is 0 Å². The molecule has 1 fully saturated rings. The number of aromatic carboxylic acids is 1. The smallest absolute Gasteiger partial charge is 0.336 e. The second-order valence-electron chi connectivity index (χ2n) is 5.08. The summed E-state index contributed by atoms with van der Waals surface area (Å²) in [6.45, 7) is 0.779. The number of carbonyl (C=O) groups excluding carboxylic acids is 1. The lowest BCUT2D eigenvalue weighted by atomic mass is 10.0. The van der Waals surface area contributed by atoms with E-state index in [0.717, 1.165) is 25.9 Å². The summed E-state index contributed by atoms with van der Waals surface area (Å²) in [6.07, 6.45) is 4.51. The van der Waals surface area contributed by atoms with Gasteiger partial charge in [-0.2, -0.15) is 0 Å². The molecule has 5 nitrogen and oxygen atoms in total. The highest BCUT2D eigenvalue weighted by molar-refractivity contribution is 9.10. The van der Waals surface area contributed by atoms with Gasteiger partial charge < -0.3 is 15.2 Å². The van der Waals surface area contributed by atoms with Crippen molar-refractivity contribution in [2.45, 2.75) is 38.2 Å². The largest absolute Gasteiger partial charge is 0.478 e. The van der Waals surface area contributed by atoms with Crippen LogP contribution in [0.5, 0.6) is 0 Å². The molecule has 114 valence electrons. The van der Waals surface area contributed by atoms with Gasteiger partial charge in [-0.3, -0.25) is 4.79 Å². The van der Waals surface area contributed by atoms with Crippen molar-refractivity contribution in [1.29, 1.82) is 0 Å². The molecular formula is C15H18BrNO4. The van der Waals surface area contributed by atoms with E-state index < -0.39 is 5.97 Å². The Morgan fingerprint density at radius 2 is 2.19 bits per heavy atom. The van der Waals surface area contributed by atoms with E-state index in [1.807, 2.05) is 0 Å². The number of ether oxygens (including phenoxy) is 1. The highest BCUT2D eigenvalue weighted by Crippen LogP contribution is 2.22. The average Bonchev–Trinajstić information content (AvgIpc) is 2.48. The van der Waals surface area contributed by atoms with Gasteiger partial charge in [0.1, 0.15) is 0 Å². The second kappa shape index (κ2) is 7.56. The van der Waals surface area contributed by atoms with E-state index in [-0.39, 0.29) is 17.6 Å². The van der Waals surface area contributed by atoms with Crippen LogP contribution in [0.15, 0.2) is 22.7 Å². The first-order valence-corrected chi connectivity index (χ1v) is 7.80. The maximum Gasteiger partial charge on any atom is 0.336 e. The monoisotopic (exact) mass is 355 g/mol. The molecule has 1 heterocycles. The van der Waals surface area contributed by atoms with E-state index in [1.165, 1.54) is 6.07 Å². The molecule has 0 spiro atoms. The Bertz CT molecular complexity index is 526. The van der Waals surface area contributed by atoms with E-state index in [1.54, 1.807) is 12.1 Å². The third kappa shape index (κ3) is 4.82. The Hall–Kier alpha value is -1.40. The van der Waals surface area contributed by atoms with Gasteiger partial charge in [0.05, 0.1) is 11.7 Å². The van der Waals surface area contributed by atoms with Crippen LogP contribution in [0, 0.1) is 0 Å². The number of nitrogens with one attached hydrogen (secondary N) is 1. The number of hydrogen-bond donors (Lipinski definition) is 2. The van der Waals surface area contributed by atoms with Gasteiger partial charge in [-0.25, -0.2) is 4.79 Å². The minimum absolute atomic E-state index is 0.122. The van der Waals surface area contributed by atoms with Gasteiger partial charge in [-0.1, -0.05) is 0 Å². The number of carboxylic acids is 1. The molecule has 0 bridgehead atoms. The summed E-state index contributed by atoms with van der Waals surface area (Å²) in [6, 6.07) is 4.73. The lowest BCUT2D eigenvalue weighted by molar-refractivity contribution is -0.117. The maximum absolute atomic E-state index is 11.9.